The van der Waals surface area contributed by atoms with Crippen molar-refractivity contribution >= 4 is 44.8 Å². The van der Waals surface area contributed by atoms with Gasteiger partial charge in [0, 0.05) is 23.5 Å². The SMILES string of the molecule is CCNc1ccc(Cl)cc1C(=O)NS(=O)(=O)Cc1ccc(Cl)nc1. The summed E-state index contributed by atoms with van der Waals surface area (Å²) in [6, 6.07) is 7.66. The molecule has 0 saturated heterocycles. The zero-order chi connectivity index (χ0) is 17.7. The molecule has 0 atom stereocenters. The Hall–Kier alpha value is -1.83. The summed E-state index contributed by atoms with van der Waals surface area (Å²) in [6.07, 6.45) is 1.34. The molecule has 1 aromatic heterocycles. The third kappa shape index (κ3) is 5.09. The van der Waals surface area contributed by atoms with Crippen LogP contribution in [0.4, 0.5) is 5.69 Å². The van der Waals surface area contributed by atoms with Crippen LogP contribution in [0.2, 0.25) is 10.2 Å². The number of carbonyl (C=O) groups excluding carboxylic acids is 1. The van der Waals surface area contributed by atoms with Crippen molar-refractivity contribution < 1.29 is 13.2 Å². The molecule has 1 heterocycles. The molecule has 0 aliphatic rings. The predicted molar refractivity (Wildman–Crippen MR) is 95.0 cm³/mol. The molecule has 2 rings (SSSR count). The molecule has 24 heavy (non-hydrogen) atoms. The molecule has 0 bridgehead atoms. The third-order valence-electron chi connectivity index (χ3n) is 2.99. The molecule has 0 unspecified atom stereocenters. The average Bonchev–Trinajstić information content (AvgIpc) is 2.51. The van der Waals surface area contributed by atoms with E-state index in [-0.39, 0.29) is 16.5 Å². The highest BCUT2D eigenvalue weighted by Crippen LogP contribution is 2.21. The minimum absolute atomic E-state index is 0.155. The van der Waals surface area contributed by atoms with Crippen molar-refractivity contribution in [2.24, 2.45) is 0 Å². The molecular formula is C15H15Cl2N3O3S. The first-order valence-corrected chi connectivity index (χ1v) is 9.40. The third-order valence-corrected chi connectivity index (χ3v) is 4.66. The van der Waals surface area contributed by atoms with Crippen LogP contribution in [0.15, 0.2) is 36.5 Å². The summed E-state index contributed by atoms with van der Waals surface area (Å²) < 4.78 is 26.4. The number of benzene rings is 1. The van der Waals surface area contributed by atoms with Gasteiger partial charge in [0.15, 0.2) is 0 Å². The van der Waals surface area contributed by atoms with Crippen molar-refractivity contribution in [3.63, 3.8) is 0 Å². The Balaban J connectivity index is 2.18. The summed E-state index contributed by atoms with van der Waals surface area (Å²) in [5.74, 6) is -1.14. The summed E-state index contributed by atoms with van der Waals surface area (Å²) in [5, 5.41) is 3.58. The van der Waals surface area contributed by atoms with E-state index in [1.165, 1.54) is 24.4 Å². The van der Waals surface area contributed by atoms with Crippen LogP contribution >= 0.6 is 23.2 Å². The van der Waals surface area contributed by atoms with E-state index in [0.717, 1.165) is 0 Å². The van der Waals surface area contributed by atoms with Gasteiger partial charge in [-0.1, -0.05) is 29.3 Å². The highest BCUT2D eigenvalue weighted by molar-refractivity contribution is 7.89. The van der Waals surface area contributed by atoms with Crippen LogP contribution in [0.3, 0.4) is 0 Å². The first kappa shape index (κ1) is 18.5. The maximum atomic E-state index is 12.3. The quantitative estimate of drug-likeness (QED) is 0.743. The van der Waals surface area contributed by atoms with Crippen LogP contribution in [0, 0.1) is 0 Å². The second kappa shape index (κ2) is 7.83. The molecule has 0 saturated carbocycles. The van der Waals surface area contributed by atoms with E-state index in [1.54, 1.807) is 12.1 Å². The lowest BCUT2D eigenvalue weighted by Crippen LogP contribution is -2.32. The Morgan fingerprint density at radius 3 is 2.58 bits per heavy atom. The number of carbonyl (C=O) groups is 1. The van der Waals surface area contributed by atoms with Gasteiger partial charge in [0.05, 0.1) is 11.3 Å². The van der Waals surface area contributed by atoms with Gasteiger partial charge >= 0.3 is 0 Å². The number of hydrogen-bond donors (Lipinski definition) is 2. The Morgan fingerprint density at radius 2 is 1.96 bits per heavy atom. The summed E-state index contributed by atoms with van der Waals surface area (Å²) in [6.45, 7) is 2.44. The largest absolute Gasteiger partial charge is 0.385 e. The smallest absolute Gasteiger partial charge is 0.266 e. The number of nitrogens with one attached hydrogen (secondary N) is 2. The summed E-state index contributed by atoms with van der Waals surface area (Å²) >= 11 is 11.6. The molecule has 1 aromatic carbocycles. The summed E-state index contributed by atoms with van der Waals surface area (Å²) in [4.78, 5) is 16.1. The van der Waals surface area contributed by atoms with Gasteiger partial charge in [-0.05, 0) is 36.8 Å². The van der Waals surface area contributed by atoms with Gasteiger partial charge in [0.2, 0.25) is 10.0 Å². The summed E-state index contributed by atoms with van der Waals surface area (Å²) in [7, 11) is -3.89. The lowest BCUT2D eigenvalue weighted by atomic mass is 10.1. The van der Waals surface area contributed by atoms with Crippen molar-refractivity contribution in [2.45, 2.75) is 12.7 Å². The van der Waals surface area contributed by atoms with Crippen molar-refractivity contribution in [1.29, 1.82) is 0 Å². The molecule has 0 fully saturated rings. The number of anilines is 1. The minimum atomic E-state index is -3.89. The number of nitrogens with zero attached hydrogens (tertiary/aromatic N) is 1. The minimum Gasteiger partial charge on any atom is -0.385 e. The number of sulfonamides is 1. The number of pyridine rings is 1. The number of halogens is 2. The predicted octanol–water partition coefficient (Wildman–Crippen LogP) is 3.08. The molecular weight excluding hydrogens is 373 g/mol. The second-order valence-corrected chi connectivity index (χ2v) is 7.45. The molecule has 2 N–H and O–H groups in total. The molecule has 0 aliphatic carbocycles. The van der Waals surface area contributed by atoms with Gasteiger partial charge in [-0.15, -0.1) is 0 Å². The van der Waals surface area contributed by atoms with Crippen LogP contribution in [0.1, 0.15) is 22.8 Å². The molecule has 6 nitrogen and oxygen atoms in total. The van der Waals surface area contributed by atoms with E-state index in [9.17, 15) is 13.2 Å². The zero-order valence-corrected chi connectivity index (χ0v) is 15.0. The van der Waals surface area contributed by atoms with Crippen molar-refractivity contribution in [3.05, 3.63) is 57.8 Å². The highest BCUT2D eigenvalue weighted by Gasteiger charge is 2.19. The van der Waals surface area contributed by atoms with E-state index in [4.69, 9.17) is 23.2 Å². The Labute approximate surface area is 150 Å². The van der Waals surface area contributed by atoms with Gasteiger partial charge in [0.25, 0.3) is 5.91 Å². The van der Waals surface area contributed by atoms with E-state index < -0.39 is 15.9 Å². The average molecular weight is 388 g/mol. The molecule has 1 amide bonds. The number of amides is 1. The number of rotatable bonds is 6. The number of aromatic nitrogens is 1. The molecule has 2 aromatic rings. The van der Waals surface area contributed by atoms with E-state index in [2.05, 4.69) is 10.3 Å². The maximum absolute atomic E-state index is 12.3. The topological polar surface area (TPSA) is 88.2 Å². The Bertz CT molecular complexity index is 840. The first-order chi connectivity index (χ1) is 11.3. The van der Waals surface area contributed by atoms with E-state index in [0.29, 0.717) is 22.8 Å². The van der Waals surface area contributed by atoms with E-state index in [1.807, 2.05) is 11.6 Å². The molecule has 9 heteroatoms. The van der Waals surface area contributed by atoms with Gasteiger partial charge in [-0.25, -0.2) is 18.1 Å². The molecule has 0 aliphatic heterocycles. The normalized spacial score (nSPS) is 11.1. The fourth-order valence-corrected chi connectivity index (χ4v) is 3.35. The maximum Gasteiger partial charge on any atom is 0.266 e. The van der Waals surface area contributed by atoms with Crippen LogP contribution in [0.5, 0.6) is 0 Å². The standard InChI is InChI=1S/C15H15Cl2N3O3S/c1-2-18-13-5-4-11(16)7-12(13)15(21)20-24(22,23)9-10-3-6-14(17)19-8-10/h3-8,18H,2,9H2,1H3,(H,20,21). The van der Waals surface area contributed by atoms with Gasteiger partial charge < -0.3 is 5.32 Å². The van der Waals surface area contributed by atoms with Crippen molar-refractivity contribution in [2.75, 3.05) is 11.9 Å². The Morgan fingerprint density at radius 1 is 1.21 bits per heavy atom. The lowest BCUT2D eigenvalue weighted by Gasteiger charge is -2.12. The lowest BCUT2D eigenvalue weighted by molar-refractivity contribution is 0.0982. The fraction of sp³-hybridized carbons (Fsp3) is 0.200. The van der Waals surface area contributed by atoms with Gasteiger partial charge in [-0.3, -0.25) is 4.79 Å². The van der Waals surface area contributed by atoms with Crippen LogP contribution in [0.25, 0.3) is 0 Å². The zero-order valence-electron chi connectivity index (χ0n) is 12.7. The van der Waals surface area contributed by atoms with Crippen LogP contribution in [-0.4, -0.2) is 25.9 Å². The second-order valence-electron chi connectivity index (χ2n) is 4.90. The van der Waals surface area contributed by atoms with Gasteiger partial charge in [-0.2, -0.15) is 0 Å². The first-order valence-electron chi connectivity index (χ1n) is 6.99. The molecule has 128 valence electrons. The number of hydrogen-bond acceptors (Lipinski definition) is 5. The van der Waals surface area contributed by atoms with Crippen LogP contribution in [-0.2, 0) is 15.8 Å². The van der Waals surface area contributed by atoms with Crippen LogP contribution < -0.4 is 10.0 Å². The molecule has 0 spiro atoms. The fourth-order valence-electron chi connectivity index (χ4n) is 1.99. The van der Waals surface area contributed by atoms with Crippen molar-refractivity contribution in [3.8, 4) is 0 Å². The highest BCUT2D eigenvalue weighted by atomic mass is 35.5. The van der Waals surface area contributed by atoms with Gasteiger partial charge in [0.1, 0.15) is 5.15 Å². The monoisotopic (exact) mass is 387 g/mol. The van der Waals surface area contributed by atoms with E-state index >= 15 is 0 Å². The molecule has 0 radical (unpaired) electrons. The summed E-state index contributed by atoms with van der Waals surface area (Å²) in [5.41, 5.74) is 1.07. The Kier molecular flexibility index (Phi) is 6.04. The van der Waals surface area contributed by atoms with Crippen molar-refractivity contribution in [1.82, 2.24) is 9.71 Å².